The number of sulfonamides is 1. The number of para-hydroxylation sites is 1. The van der Waals surface area contributed by atoms with E-state index in [1.807, 2.05) is 11.0 Å². The van der Waals surface area contributed by atoms with E-state index in [4.69, 9.17) is 11.6 Å². The average molecular weight is 287 g/mol. The molecule has 4 nitrogen and oxygen atoms in total. The maximum atomic E-state index is 11.8. The fourth-order valence-corrected chi connectivity index (χ4v) is 3.12. The van der Waals surface area contributed by atoms with Crippen molar-refractivity contribution in [3.8, 4) is 0 Å². The first-order chi connectivity index (χ1) is 8.65. The van der Waals surface area contributed by atoms with E-state index in [1.54, 1.807) is 18.2 Å². The number of unbranched alkanes of at least 4 members (excludes halogenated alkanes) is 2. The van der Waals surface area contributed by atoms with Crippen molar-refractivity contribution in [3.05, 3.63) is 24.3 Å². The van der Waals surface area contributed by atoms with Gasteiger partial charge in [0.05, 0.1) is 5.69 Å². The largest absolute Gasteiger partial charge is 0.331 e. The summed E-state index contributed by atoms with van der Waals surface area (Å²) in [7, 11) is -3.50. The Morgan fingerprint density at radius 3 is 2.72 bits per heavy atom. The maximum Gasteiger partial charge on any atom is 0.285 e. The van der Waals surface area contributed by atoms with Crippen molar-refractivity contribution < 1.29 is 8.42 Å². The Labute approximate surface area is 112 Å². The Hall–Kier alpha value is -1.07. The number of anilines is 1. The fourth-order valence-electron chi connectivity index (χ4n) is 1.88. The third kappa shape index (κ3) is 2.84. The van der Waals surface area contributed by atoms with E-state index in [0.29, 0.717) is 11.6 Å². The van der Waals surface area contributed by atoms with E-state index >= 15 is 0 Å². The molecule has 1 heterocycles. The van der Waals surface area contributed by atoms with E-state index in [-0.39, 0.29) is 4.90 Å². The molecule has 0 amide bonds. The van der Waals surface area contributed by atoms with Crippen LogP contribution in [0.4, 0.5) is 5.69 Å². The Balaban J connectivity index is 2.15. The van der Waals surface area contributed by atoms with Crippen LogP contribution in [0, 0.1) is 0 Å². The van der Waals surface area contributed by atoms with Gasteiger partial charge in [0.1, 0.15) is 11.2 Å². The van der Waals surface area contributed by atoms with Gasteiger partial charge in [-0.3, -0.25) is 0 Å². The molecule has 0 N–H and O–H groups in total. The number of nitrogens with zero attached hydrogens (tertiary/aromatic N) is 2. The van der Waals surface area contributed by atoms with Crippen molar-refractivity contribution >= 4 is 33.7 Å². The van der Waals surface area contributed by atoms with E-state index in [9.17, 15) is 8.42 Å². The number of halogens is 1. The quantitative estimate of drug-likeness (QED) is 0.617. The topological polar surface area (TPSA) is 49.7 Å². The molecule has 0 aliphatic carbocycles. The van der Waals surface area contributed by atoms with Crippen LogP contribution in [0.1, 0.15) is 19.3 Å². The van der Waals surface area contributed by atoms with Crippen LogP contribution in [0.15, 0.2) is 33.6 Å². The summed E-state index contributed by atoms with van der Waals surface area (Å²) in [6.45, 7) is 0.757. The van der Waals surface area contributed by atoms with Crippen LogP contribution in [-0.4, -0.2) is 27.2 Å². The van der Waals surface area contributed by atoms with Gasteiger partial charge in [-0.2, -0.15) is 8.42 Å². The van der Waals surface area contributed by atoms with Crippen LogP contribution < -0.4 is 4.90 Å². The van der Waals surface area contributed by atoms with Crippen LogP contribution in [0.25, 0.3) is 0 Å². The van der Waals surface area contributed by atoms with Gasteiger partial charge < -0.3 is 4.90 Å². The summed E-state index contributed by atoms with van der Waals surface area (Å²) in [5.74, 6) is 0.666. The zero-order chi connectivity index (χ0) is 13.0. The van der Waals surface area contributed by atoms with Crippen molar-refractivity contribution in [2.45, 2.75) is 24.2 Å². The third-order valence-corrected chi connectivity index (χ3v) is 4.35. The van der Waals surface area contributed by atoms with Crippen molar-refractivity contribution in [2.24, 2.45) is 4.40 Å². The molecule has 0 atom stereocenters. The molecule has 1 aliphatic heterocycles. The van der Waals surface area contributed by atoms with Crippen LogP contribution in [0.2, 0.25) is 0 Å². The lowest BCUT2D eigenvalue weighted by atomic mass is 10.2. The van der Waals surface area contributed by atoms with Gasteiger partial charge in [-0.1, -0.05) is 18.6 Å². The number of fused-ring (bicyclic) bond motifs is 1. The second-order valence-electron chi connectivity index (χ2n) is 4.11. The Kier molecular flexibility index (Phi) is 4.24. The van der Waals surface area contributed by atoms with Crippen LogP contribution in [-0.2, 0) is 10.0 Å². The molecule has 0 radical (unpaired) electrons. The summed E-state index contributed by atoms with van der Waals surface area (Å²) < 4.78 is 27.1. The van der Waals surface area contributed by atoms with Crippen LogP contribution in [0.5, 0.6) is 0 Å². The lowest BCUT2D eigenvalue weighted by Gasteiger charge is -2.24. The highest BCUT2D eigenvalue weighted by Crippen LogP contribution is 2.29. The third-order valence-electron chi connectivity index (χ3n) is 2.81. The smallest absolute Gasteiger partial charge is 0.285 e. The molecule has 6 heteroatoms. The van der Waals surface area contributed by atoms with Crippen LogP contribution >= 0.6 is 11.6 Å². The molecular formula is C12H15ClN2O2S. The highest BCUT2D eigenvalue weighted by Gasteiger charge is 2.24. The van der Waals surface area contributed by atoms with Gasteiger partial charge >= 0.3 is 0 Å². The monoisotopic (exact) mass is 286 g/mol. The first-order valence-corrected chi connectivity index (χ1v) is 7.85. The highest BCUT2D eigenvalue weighted by molar-refractivity contribution is 7.90. The number of benzene rings is 1. The fraction of sp³-hybridized carbons (Fsp3) is 0.417. The van der Waals surface area contributed by atoms with Gasteiger partial charge in [-0.05, 0) is 25.0 Å². The predicted octanol–water partition coefficient (Wildman–Crippen LogP) is 2.63. The summed E-state index contributed by atoms with van der Waals surface area (Å²) in [5.41, 5.74) is 0.707. The van der Waals surface area contributed by atoms with Crippen molar-refractivity contribution in [2.75, 3.05) is 17.3 Å². The number of rotatable bonds is 5. The molecule has 0 spiro atoms. The number of hydrogen-bond acceptors (Lipinski definition) is 3. The minimum Gasteiger partial charge on any atom is -0.331 e. The molecule has 0 bridgehead atoms. The van der Waals surface area contributed by atoms with Crippen LogP contribution in [0.3, 0.4) is 0 Å². The molecule has 1 aliphatic rings. The van der Waals surface area contributed by atoms with Crippen molar-refractivity contribution in [3.63, 3.8) is 0 Å². The first-order valence-electron chi connectivity index (χ1n) is 5.87. The zero-order valence-electron chi connectivity index (χ0n) is 9.92. The van der Waals surface area contributed by atoms with Gasteiger partial charge in [0.25, 0.3) is 10.0 Å². The molecule has 2 rings (SSSR count). The average Bonchev–Trinajstić information content (AvgIpc) is 2.37. The number of alkyl halides is 1. The van der Waals surface area contributed by atoms with Crippen molar-refractivity contribution in [1.29, 1.82) is 0 Å². The standard InChI is InChI=1S/C12H15ClN2O2S/c13-8-4-1-5-9-15-10-14-18(16,17)12-7-3-2-6-11(12)15/h2-3,6-7,10H,1,4-5,8-9H2. The molecule has 1 aromatic carbocycles. The second-order valence-corrected chi connectivity index (χ2v) is 6.09. The summed E-state index contributed by atoms with van der Waals surface area (Å²) in [6.07, 6.45) is 4.38. The van der Waals surface area contributed by atoms with E-state index in [1.165, 1.54) is 6.34 Å². The van der Waals surface area contributed by atoms with E-state index < -0.39 is 10.0 Å². The summed E-state index contributed by atoms with van der Waals surface area (Å²) in [5, 5.41) is 0. The highest BCUT2D eigenvalue weighted by atomic mass is 35.5. The van der Waals surface area contributed by atoms with Gasteiger partial charge in [-0.25, -0.2) is 0 Å². The van der Waals surface area contributed by atoms with Gasteiger partial charge in [0, 0.05) is 12.4 Å². The molecule has 0 unspecified atom stereocenters. The van der Waals surface area contributed by atoms with Gasteiger partial charge in [0.2, 0.25) is 0 Å². The Morgan fingerprint density at radius 1 is 1.17 bits per heavy atom. The van der Waals surface area contributed by atoms with E-state index in [2.05, 4.69) is 4.40 Å². The first kappa shape index (κ1) is 13.4. The maximum absolute atomic E-state index is 11.8. The molecule has 0 aromatic heterocycles. The molecule has 0 saturated carbocycles. The second kappa shape index (κ2) is 5.71. The normalized spacial score (nSPS) is 16.6. The van der Waals surface area contributed by atoms with Crippen molar-refractivity contribution in [1.82, 2.24) is 0 Å². The zero-order valence-corrected chi connectivity index (χ0v) is 11.5. The Bertz CT molecular complexity index is 543. The molecule has 18 heavy (non-hydrogen) atoms. The summed E-state index contributed by atoms with van der Waals surface area (Å²) in [6, 6.07) is 6.94. The minimum absolute atomic E-state index is 0.282. The summed E-state index contributed by atoms with van der Waals surface area (Å²) in [4.78, 5) is 2.16. The van der Waals surface area contributed by atoms with Gasteiger partial charge in [-0.15, -0.1) is 16.0 Å². The molecule has 98 valence electrons. The van der Waals surface area contributed by atoms with E-state index in [0.717, 1.165) is 25.8 Å². The SMILES string of the molecule is O=S1(=O)N=CN(CCCCCCl)c2ccccc21. The molecular weight excluding hydrogens is 272 g/mol. The predicted molar refractivity (Wildman–Crippen MR) is 74.0 cm³/mol. The van der Waals surface area contributed by atoms with Gasteiger partial charge in [0.15, 0.2) is 0 Å². The summed E-state index contributed by atoms with van der Waals surface area (Å²) >= 11 is 5.62. The molecule has 0 saturated heterocycles. The molecule has 1 aromatic rings. The Morgan fingerprint density at radius 2 is 1.94 bits per heavy atom. The number of hydrogen-bond donors (Lipinski definition) is 0. The minimum atomic E-state index is -3.50. The lowest BCUT2D eigenvalue weighted by molar-refractivity contribution is 0.596. The molecule has 0 fully saturated rings. The lowest BCUT2D eigenvalue weighted by Crippen LogP contribution is -2.28.